The monoisotopic (exact) mass is 417 g/mol. The van der Waals surface area contributed by atoms with Gasteiger partial charge >= 0.3 is 0 Å². The maximum atomic E-state index is 12.7. The Kier molecular flexibility index (Phi) is 9.25. The van der Waals surface area contributed by atoms with Crippen LogP contribution in [-0.4, -0.2) is 23.9 Å². The Morgan fingerprint density at radius 2 is 1.38 bits per heavy atom. The highest BCUT2D eigenvalue weighted by Crippen LogP contribution is 2.21. The molecule has 2 nitrogen and oxygen atoms in total. The SMILES string of the molecule is CCCCCN(CCCCC)C(=O)c1cc(Br)cc(Br)c1. The Hall–Kier alpha value is -0.350. The minimum Gasteiger partial charge on any atom is -0.339 e. The molecule has 21 heavy (non-hydrogen) atoms. The maximum absolute atomic E-state index is 12.7. The van der Waals surface area contributed by atoms with Gasteiger partial charge in [0.2, 0.25) is 0 Å². The number of hydrogen-bond acceptors (Lipinski definition) is 1. The van der Waals surface area contributed by atoms with Gasteiger partial charge in [-0.3, -0.25) is 4.79 Å². The van der Waals surface area contributed by atoms with Gasteiger partial charge in [-0.2, -0.15) is 0 Å². The van der Waals surface area contributed by atoms with Crippen LogP contribution in [0.3, 0.4) is 0 Å². The van der Waals surface area contributed by atoms with E-state index >= 15 is 0 Å². The molecule has 0 N–H and O–H groups in total. The summed E-state index contributed by atoms with van der Waals surface area (Å²) < 4.78 is 1.87. The van der Waals surface area contributed by atoms with E-state index in [9.17, 15) is 4.79 Å². The summed E-state index contributed by atoms with van der Waals surface area (Å²) in [5, 5.41) is 0. The van der Waals surface area contributed by atoms with Crippen molar-refractivity contribution in [3.63, 3.8) is 0 Å². The predicted molar refractivity (Wildman–Crippen MR) is 96.8 cm³/mol. The highest BCUT2D eigenvalue weighted by molar-refractivity contribution is 9.11. The van der Waals surface area contributed by atoms with Crippen LogP contribution in [0.5, 0.6) is 0 Å². The fourth-order valence-electron chi connectivity index (χ4n) is 2.28. The number of benzene rings is 1. The smallest absolute Gasteiger partial charge is 0.253 e. The van der Waals surface area contributed by atoms with Gasteiger partial charge in [0.1, 0.15) is 0 Å². The number of carbonyl (C=O) groups is 1. The van der Waals surface area contributed by atoms with E-state index in [0.717, 1.165) is 40.4 Å². The number of carbonyl (C=O) groups excluding carboxylic acids is 1. The van der Waals surface area contributed by atoms with Gasteiger partial charge in [0.15, 0.2) is 0 Å². The molecule has 0 unspecified atom stereocenters. The molecule has 0 saturated carbocycles. The molecule has 0 aliphatic heterocycles. The Morgan fingerprint density at radius 3 is 1.81 bits per heavy atom. The number of rotatable bonds is 9. The predicted octanol–water partition coefficient (Wildman–Crippen LogP) is 6.03. The van der Waals surface area contributed by atoms with Crippen molar-refractivity contribution in [1.82, 2.24) is 4.90 Å². The lowest BCUT2D eigenvalue weighted by Crippen LogP contribution is -2.33. The molecule has 0 aromatic heterocycles. The highest BCUT2D eigenvalue weighted by Gasteiger charge is 2.16. The summed E-state index contributed by atoms with van der Waals surface area (Å²) in [5.74, 6) is 0.143. The van der Waals surface area contributed by atoms with Crippen LogP contribution in [0.1, 0.15) is 62.7 Å². The summed E-state index contributed by atoms with van der Waals surface area (Å²) >= 11 is 6.91. The van der Waals surface area contributed by atoms with E-state index in [0.29, 0.717) is 0 Å². The van der Waals surface area contributed by atoms with E-state index in [4.69, 9.17) is 0 Å². The summed E-state index contributed by atoms with van der Waals surface area (Å²) in [7, 11) is 0. The molecule has 0 aliphatic carbocycles. The number of unbranched alkanes of at least 4 members (excludes halogenated alkanes) is 4. The van der Waals surface area contributed by atoms with Crippen molar-refractivity contribution in [2.45, 2.75) is 52.4 Å². The van der Waals surface area contributed by atoms with E-state index in [1.165, 1.54) is 25.7 Å². The molecule has 0 aliphatic rings. The topological polar surface area (TPSA) is 20.3 Å². The summed E-state index contributed by atoms with van der Waals surface area (Å²) in [5.41, 5.74) is 0.754. The number of amides is 1. The van der Waals surface area contributed by atoms with Crippen LogP contribution in [0.15, 0.2) is 27.1 Å². The van der Waals surface area contributed by atoms with E-state index < -0.39 is 0 Å². The van der Waals surface area contributed by atoms with Gasteiger partial charge in [0.25, 0.3) is 5.91 Å². The zero-order valence-electron chi connectivity index (χ0n) is 13.0. The second kappa shape index (κ2) is 10.4. The molecule has 0 atom stereocenters. The van der Waals surface area contributed by atoms with Crippen LogP contribution >= 0.6 is 31.9 Å². The highest BCUT2D eigenvalue weighted by atomic mass is 79.9. The third-order valence-corrected chi connectivity index (χ3v) is 4.38. The third-order valence-electron chi connectivity index (χ3n) is 3.46. The molecule has 0 spiro atoms. The molecule has 1 aromatic carbocycles. The fraction of sp³-hybridized carbons (Fsp3) is 0.588. The van der Waals surface area contributed by atoms with Crippen molar-refractivity contribution >= 4 is 37.8 Å². The van der Waals surface area contributed by atoms with E-state index in [1.54, 1.807) is 0 Å². The maximum Gasteiger partial charge on any atom is 0.253 e. The van der Waals surface area contributed by atoms with Crippen LogP contribution < -0.4 is 0 Å². The zero-order chi connectivity index (χ0) is 15.7. The second-order valence-electron chi connectivity index (χ2n) is 5.36. The van der Waals surface area contributed by atoms with Crippen molar-refractivity contribution in [2.75, 3.05) is 13.1 Å². The van der Waals surface area contributed by atoms with Gasteiger partial charge in [-0.15, -0.1) is 0 Å². The first-order valence-corrected chi connectivity index (χ1v) is 9.42. The van der Waals surface area contributed by atoms with Gasteiger partial charge in [-0.05, 0) is 31.0 Å². The Morgan fingerprint density at radius 1 is 0.905 bits per heavy atom. The van der Waals surface area contributed by atoms with Crippen LogP contribution in [-0.2, 0) is 0 Å². The van der Waals surface area contributed by atoms with Crippen LogP contribution in [0.25, 0.3) is 0 Å². The lowest BCUT2D eigenvalue weighted by Gasteiger charge is -2.23. The standard InChI is InChI=1S/C17H25Br2NO/c1-3-5-7-9-20(10-8-6-4-2)17(21)14-11-15(18)13-16(19)12-14/h11-13H,3-10H2,1-2H3. The largest absolute Gasteiger partial charge is 0.339 e. The first-order valence-electron chi connectivity index (χ1n) is 7.83. The molecule has 1 rings (SSSR count). The second-order valence-corrected chi connectivity index (χ2v) is 7.20. The van der Waals surface area contributed by atoms with Crippen molar-refractivity contribution in [3.05, 3.63) is 32.7 Å². The number of hydrogen-bond donors (Lipinski definition) is 0. The average molecular weight is 419 g/mol. The third kappa shape index (κ3) is 6.96. The average Bonchev–Trinajstić information content (AvgIpc) is 2.44. The van der Waals surface area contributed by atoms with Gasteiger partial charge < -0.3 is 4.90 Å². The Labute approximate surface area is 145 Å². The van der Waals surface area contributed by atoms with Gasteiger partial charge in [0, 0.05) is 27.6 Å². The molecule has 118 valence electrons. The lowest BCUT2D eigenvalue weighted by molar-refractivity contribution is 0.0749. The molecule has 0 saturated heterocycles. The van der Waals surface area contributed by atoms with Crippen molar-refractivity contribution in [1.29, 1.82) is 0 Å². The van der Waals surface area contributed by atoms with E-state index in [1.807, 2.05) is 23.1 Å². The molecule has 0 bridgehead atoms. The molecule has 0 fully saturated rings. The van der Waals surface area contributed by atoms with Crippen LogP contribution in [0.2, 0.25) is 0 Å². The molecular formula is C17H25Br2NO. The summed E-state index contributed by atoms with van der Waals surface area (Å²) in [6.45, 7) is 6.10. The van der Waals surface area contributed by atoms with Gasteiger partial charge in [-0.25, -0.2) is 0 Å². The molecule has 0 radical (unpaired) electrons. The summed E-state index contributed by atoms with van der Waals surface area (Å²) in [6.07, 6.45) is 6.89. The summed E-state index contributed by atoms with van der Waals surface area (Å²) in [6, 6.07) is 5.76. The van der Waals surface area contributed by atoms with Gasteiger partial charge in [0.05, 0.1) is 0 Å². The van der Waals surface area contributed by atoms with E-state index in [-0.39, 0.29) is 5.91 Å². The zero-order valence-corrected chi connectivity index (χ0v) is 16.2. The fourth-order valence-corrected chi connectivity index (χ4v) is 3.57. The van der Waals surface area contributed by atoms with Crippen LogP contribution in [0.4, 0.5) is 0 Å². The van der Waals surface area contributed by atoms with Crippen LogP contribution in [0, 0.1) is 0 Å². The molecule has 1 amide bonds. The summed E-state index contributed by atoms with van der Waals surface area (Å²) in [4.78, 5) is 14.7. The van der Waals surface area contributed by atoms with Crippen molar-refractivity contribution in [3.8, 4) is 0 Å². The number of halogens is 2. The minimum atomic E-state index is 0.143. The normalized spacial score (nSPS) is 10.7. The molecular weight excluding hydrogens is 394 g/mol. The van der Waals surface area contributed by atoms with Crippen molar-refractivity contribution in [2.24, 2.45) is 0 Å². The Bertz CT molecular complexity index is 418. The molecule has 1 aromatic rings. The molecule has 4 heteroatoms. The Balaban J connectivity index is 2.76. The quantitative estimate of drug-likeness (QED) is 0.448. The van der Waals surface area contributed by atoms with Crippen molar-refractivity contribution < 1.29 is 4.79 Å². The molecule has 0 heterocycles. The lowest BCUT2D eigenvalue weighted by atomic mass is 10.1. The number of nitrogens with zero attached hydrogens (tertiary/aromatic N) is 1. The first kappa shape index (κ1) is 18.7. The van der Waals surface area contributed by atoms with Gasteiger partial charge in [-0.1, -0.05) is 71.4 Å². The first-order chi connectivity index (χ1) is 10.1. The minimum absolute atomic E-state index is 0.143. The van der Waals surface area contributed by atoms with E-state index in [2.05, 4.69) is 45.7 Å².